The number of furan rings is 1. The first kappa shape index (κ1) is 11.7. The molecule has 0 unspecified atom stereocenters. The van der Waals surface area contributed by atoms with Crippen LogP contribution in [0.15, 0.2) is 29.0 Å². The molecular weight excluding hydrogens is 229 g/mol. The summed E-state index contributed by atoms with van der Waals surface area (Å²) in [5.41, 5.74) is 0.906. The first-order valence-electron chi connectivity index (χ1n) is 6.08. The number of pyridine rings is 1. The van der Waals surface area contributed by atoms with Crippen LogP contribution in [0.1, 0.15) is 27.7 Å². The fraction of sp³-hybridized carbons (Fsp3) is 0.462. The van der Waals surface area contributed by atoms with Crippen LogP contribution in [0.25, 0.3) is 11.1 Å². The number of aromatic nitrogens is 1. The zero-order chi connectivity index (χ0) is 13.0. The second kappa shape index (κ2) is 3.59. The molecule has 94 valence electrons. The molecule has 2 aromatic rings. The average Bonchev–Trinajstić information content (AvgIpc) is 2.81. The zero-order valence-corrected chi connectivity index (χ0v) is 11.1. The van der Waals surface area contributed by atoms with Gasteiger partial charge < -0.3 is 13.7 Å². The van der Waals surface area contributed by atoms with Crippen LogP contribution in [0, 0.1) is 0 Å². The van der Waals surface area contributed by atoms with E-state index in [9.17, 15) is 0 Å². The minimum atomic E-state index is -0.377. The molecule has 3 rings (SSSR count). The van der Waals surface area contributed by atoms with E-state index in [2.05, 4.69) is 4.98 Å². The van der Waals surface area contributed by atoms with Gasteiger partial charge in [-0.15, -0.1) is 0 Å². The Labute approximate surface area is 106 Å². The molecule has 0 spiro atoms. The van der Waals surface area contributed by atoms with Crippen molar-refractivity contribution in [3.05, 3.63) is 24.6 Å². The van der Waals surface area contributed by atoms with Gasteiger partial charge in [-0.1, -0.05) is 0 Å². The summed E-state index contributed by atoms with van der Waals surface area (Å²) in [5.74, 6) is 0. The Kier molecular flexibility index (Phi) is 2.34. The summed E-state index contributed by atoms with van der Waals surface area (Å²) in [6.07, 6.45) is 3.35. The topological polar surface area (TPSA) is 44.5 Å². The highest BCUT2D eigenvalue weighted by molar-refractivity contribution is 6.65. The van der Waals surface area contributed by atoms with Crippen molar-refractivity contribution in [3.8, 4) is 0 Å². The molecule has 0 amide bonds. The van der Waals surface area contributed by atoms with E-state index in [1.54, 1.807) is 12.5 Å². The van der Waals surface area contributed by atoms with Crippen molar-refractivity contribution in [2.24, 2.45) is 0 Å². The molecule has 0 N–H and O–H groups in total. The van der Waals surface area contributed by atoms with Crippen LogP contribution in [0.2, 0.25) is 0 Å². The second-order valence-corrected chi connectivity index (χ2v) is 5.63. The molecule has 18 heavy (non-hydrogen) atoms. The van der Waals surface area contributed by atoms with Crippen LogP contribution < -0.4 is 5.46 Å². The Balaban J connectivity index is 2.05. The molecule has 0 radical (unpaired) electrons. The van der Waals surface area contributed by atoms with Gasteiger partial charge in [-0.3, -0.25) is 0 Å². The van der Waals surface area contributed by atoms with Crippen molar-refractivity contribution in [2.75, 3.05) is 0 Å². The molecule has 1 aliphatic rings. The Hall–Kier alpha value is -1.33. The van der Waals surface area contributed by atoms with E-state index in [1.807, 2.05) is 39.8 Å². The molecule has 3 heterocycles. The van der Waals surface area contributed by atoms with Gasteiger partial charge in [0.15, 0.2) is 0 Å². The Morgan fingerprint density at radius 1 is 1.06 bits per heavy atom. The molecule has 4 nitrogen and oxygen atoms in total. The molecule has 5 heteroatoms. The van der Waals surface area contributed by atoms with Gasteiger partial charge in [-0.05, 0) is 45.3 Å². The summed E-state index contributed by atoms with van der Waals surface area (Å²) in [5, 5.41) is 0.941. The summed E-state index contributed by atoms with van der Waals surface area (Å²) in [6, 6.07) is 3.81. The maximum absolute atomic E-state index is 6.04. The van der Waals surface area contributed by atoms with Crippen LogP contribution in [0.5, 0.6) is 0 Å². The molecule has 1 aliphatic heterocycles. The molecule has 1 fully saturated rings. The van der Waals surface area contributed by atoms with Crippen molar-refractivity contribution in [1.29, 1.82) is 0 Å². The molecule has 0 bridgehead atoms. The van der Waals surface area contributed by atoms with E-state index in [4.69, 9.17) is 13.7 Å². The summed E-state index contributed by atoms with van der Waals surface area (Å²) in [4.78, 5) is 4.17. The van der Waals surface area contributed by atoms with E-state index >= 15 is 0 Å². The van der Waals surface area contributed by atoms with E-state index in [0.29, 0.717) is 5.71 Å². The van der Waals surface area contributed by atoms with E-state index in [0.717, 1.165) is 10.8 Å². The standard InChI is InChI=1S/C13H16BNO3/c1-12(2)13(3,4)18-14(17-12)10-5-7-15-11-9(10)6-8-16-11/h5-8H,1-4H3. The summed E-state index contributed by atoms with van der Waals surface area (Å²) < 4.78 is 17.4. The number of hydrogen-bond donors (Lipinski definition) is 0. The van der Waals surface area contributed by atoms with Crippen LogP contribution in [0.3, 0.4) is 0 Å². The highest BCUT2D eigenvalue weighted by atomic mass is 16.7. The minimum absolute atomic E-state index is 0.336. The monoisotopic (exact) mass is 245 g/mol. The summed E-state index contributed by atoms with van der Waals surface area (Å²) in [7, 11) is -0.377. The van der Waals surface area contributed by atoms with Crippen molar-refractivity contribution >= 4 is 23.7 Å². The zero-order valence-electron chi connectivity index (χ0n) is 11.1. The number of hydrogen-bond acceptors (Lipinski definition) is 4. The molecule has 1 saturated heterocycles. The highest BCUT2D eigenvalue weighted by Crippen LogP contribution is 2.36. The third-order valence-corrected chi connectivity index (χ3v) is 3.91. The lowest BCUT2D eigenvalue weighted by Gasteiger charge is -2.32. The van der Waals surface area contributed by atoms with Gasteiger partial charge in [0.2, 0.25) is 5.71 Å². The highest BCUT2D eigenvalue weighted by Gasteiger charge is 2.52. The van der Waals surface area contributed by atoms with Crippen molar-refractivity contribution in [2.45, 2.75) is 38.9 Å². The maximum Gasteiger partial charge on any atom is 0.495 e. The van der Waals surface area contributed by atoms with Crippen LogP contribution in [-0.2, 0) is 9.31 Å². The third-order valence-electron chi connectivity index (χ3n) is 3.91. The molecule has 0 atom stereocenters. The van der Waals surface area contributed by atoms with Crippen molar-refractivity contribution in [3.63, 3.8) is 0 Å². The van der Waals surface area contributed by atoms with Gasteiger partial charge in [0.25, 0.3) is 0 Å². The molecular formula is C13H16BNO3. The summed E-state index contributed by atoms with van der Waals surface area (Å²) in [6.45, 7) is 8.17. The van der Waals surface area contributed by atoms with Gasteiger partial charge in [-0.2, -0.15) is 0 Å². The fourth-order valence-corrected chi connectivity index (χ4v) is 2.07. The molecule has 2 aromatic heterocycles. The summed E-state index contributed by atoms with van der Waals surface area (Å²) >= 11 is 0. The smallest absolute Gasteiger partial charge is 0.446 e. The molecule has 0 saturated carbocycles. The third kappa shape index (κ3) is 1.58. The second-order valence-electron chi connectivity index (χ2n) is 5.63. The predicted molar refractivity (Wildman–Crippen MR) is 69.7 cm³/mol. The van der Waals surface area contributed by atoms with Crippen LogP contribution in [-0.4, -0.2) is 23.3 Å². The van der Waals surface area contributed by atoms with E-state index < -0.39 is 0 Å². The lowest BCUT2D eigenvalue weighted by molar-refractivity contribution is 0.00578. The molecule has 0 aromatic carbocycles. The predicted octanol–water partition coefficient (Wildman–Crippen LogP) is 2.13. The van der Waals surface area contributed by atoms with Gasteiger partial charge in [-0.25, -0.2) is 4.98 Å². The normalized spacial score (nSPS) is 21.7. The Morgan fingerprint density at radius 2 is 1.72 bits per heavy atom. The van der Waals surface area contributed by atoms with Crippen molar-refractivity contribution in [1.82, 2.24) is 4.98 Å². The van der Waals surface area contributed by atoms with E-state index in [1.165, 1.54) is 0 Å². The number of fused-ring (bicyclic) bond motifs is 1. The first-order chi connectivity index (χ1) is 8.41. The first-order valence-corrected chi connectivity index (χ1v) is 6.08. The number of nitrogens with zero attached hydrogens (tertiary/aromatic N) is 1. The van der Waals surface area contributed by atoms with Gasteiger partial charge in [0.05, 0.1) is 17.5 Å². The minimum Gasteiger partial charge on any atom is -0.446 e. The Bertz CT molecular complexity index is 575. The lowest BCUT2D eigenvalue weighted by atomic mass is 9.78. The fourth-order valence-electron chi connectivity index (χ4n) is 2.07. The van der Waals surface area contributed by atoms with Crippen LogP contribution in [0.4, 0.5) is 0 Å². The van der Waals surface area contributed by atoms with Crippen molar-refractivity contribution < 1.29 is 13.7 Å². The largest absolute Gasteiger partial charge is 0.495 e. The van der Waals surface area contributed by atoms with Gasteiger partial charge >= 0.3 is 7.12 Å². The van der Waals surface area contributed by atoms with Crippen LogP contribution >= 0.6 is 0 Å². The van der Waals surface area contributed by atoms with Gasteiger partial charge in [0.1, 0.15) is 0 Å². The molecule has 0 aliphatic carbocycles. The van der Waals surface area contributed by atoms with Gasteiger partial charge in [0, 0.05) is 11.6 Å². The lowest BCUT2D eigenvalue weighted by Crippen LogP contribution is -2.41. The quantitative estimate of drug-likeness (QED) is 0.722. The van der Waals surface area contributed by atoms with E-state index in [-0.39, 0.29) is 18.3 Å². The maximum atomic E-state index is 6.04. The SMILES string of the molecule is CC1(C)OB(c2ccnc3occc23)OC1(C)C. The average molecular weight is 245 g/mol. The Morgan fingerprint density at radius 3 is 2.39 bits per heavy atom. The number of rotatable bonds is 1.